The van der Waals surface area contributed by atoms with Crippen LogP contribution in [0.1, 0.15) is 19.8 Å². The lowest BCUT2D eigenvalue weighted by molar-refractivity contribution is -0.141. The Morgan fingerprint density at radius 3 is 2.92 bits per heavy atom. The minimum Gasteiger partial charge on any atom is -0.394 e. The topological polar surface area (TPSA) is 66.6 Å². The van der Waals surface area contributed by atoms with Crippen molar-refractivity contribution in [3.63, 3.8) is 0 Å². The third kappa shape index (κ3) is 1.44. The van der Waals surface area contributed by atoms with Crippen LogP contribution in [0.5, 0.6) is 0 Å². The summed E-state index contributed by atoms with van der Waals surface area (Å²) in [5.41, 5.74) is 4.72. The number of likely N-dealkylation sites (tertiary alicyclic amines) is 1. The van der Waals surface area contributed by atoms with Gasteiger partial charge in [0.2, 0.25) is 5.91 Å². The highest BCUT2D eigenvalue weighted by atomic mass is 16.3. The van der Waals surface area contributed by atoms with Crippen molar-refractivity contribution in [1.29, 1.82) is 0 Å². The van der Waals surface area contributed by atoms with Gasteiger partial charge >= 0.3 is 0 Å². The van der Waals surface area contributed by atoms with Crippen molar-refractivity contribution in [1.82, 2.24) is 4.90 Å². The summed E-state index contributed by atoms with van der Waals surface area (Å²) in [5, 5.41) is 8.96. The molecule has 0 aliphatic carbocycles. The number of hydrogen-bond donors (Lipinski definition) is 2. The first-order chi connectivity index (χ1) is 5.64. The number of nitrogens with two attached hydrogens (primary N) is 1. The molecule has 1 atom stereocenters. The minimum atomic E-state index is -1.01. The maximum Gasteiger partial charge on any atom is 0.245 e. The van der Waals surface area contributed by atoms with Crippen LogP contribution >= 0.6 is 0 Å². The molecule has 12 heavy (non-hydrogen) atoms. The molecule has 3 N–H and O–H groups in total. The molecule has 1 amide bonds. The lowest BCUT2D eigenvalue weighted by atomic mass is 9.90. The van der Waals surface area contributed by atoms with Gasteiger partial charge in [-0.1, -0.05) is 0 Å². The van der Waals surface area contributed by atoms with Gasteiger partial charge < -0.3 is 15.7 Å². The molecule has 1 unspecified atom stereocenters. The van der Waals surface area contributed by atoms with Crippen LogP contribution in [0.25, 0.3) is 0 Å². The highest BCUT2D eigenvalue weighted by Crippen LogP contribution is 2.19. The molecule has 1 heterocycles. The van der Waals surface area contributed by atoms with E-state index in [1.54, 1.807) is 4.90 Å². The number of amides is 1. The smallest absolute Gasteiger partial charge is 0.245 e. The Morgan fingerprint density at radius 1 is 1.75 bits per heavy atom. The Balaban J connectivity index is 2.72. The second-order valence-corrected chi connectivity index (χ2v) is 3.30. The highest BCUT2D eigenvalue weighted by Gasteiger charge is 2.39. The summed E-state index contributed by atoms with van der Waals surface area (Å²) in [6, 6.07) is 0. The Labute approximate surface area is 72.3 Å². The van der Waals surface area contributed by atoms with Gasteiger partial charge in [0, 0.05) is 13.1 Å². The molecule has 70 valence electrons. The number of carbonyl (C=O) groups is 1. The Kier molecular flexibility index (Phi) is 2.69. The monoisotopic (exact) mass is 172 g/mol. The first kappa shape index (κ1) is 9.48. The van der Waals surface area contributed by atoms with Gasteiger partial charge in [-0.3, -0.25) is 4.79 Å². The number of aliphatic hydroxyl groups excluding tert-OH is 1. The molecule has 0 radical (unpaired) electrons. The van der Waals surface area contributed by atoms with E-state index in [1.807, 2.05) is 6.92 Å². The number of piperidine rings is 1. The third-order valence-electron chi connectivity index (χ3n) is 2.43. The number of likely N-dealkylation sites (N-methyl/N-ethyl adjacent to an activating group) is 1. The molecule has 0 aromatic heterocycles. The van der Waals surface area contributed by atoms with Gasteiger partial charge in [0.15, 0.2) is 0 Å². The molecule has 1 aliphatic heterocycles. The van der Waals surface area contributed by atoms with Crippen LogP contribution in [0.4, 0.5) is 0 Å². The fourth-order valence-corrected chi connectivity index (χ4v) is 1.56. The first-order valence-electron chi connectivity index (χ1n) is 4.33. The number of aliphatic hydroxyl groups is 1. The molecule has 1 aliphatic rings. The average molecular weight is 172 g/mol. The molecule has 0 aromatic rings. The normalized spacial score (nSPS) is 30.9. The average Bonchev–Trinajstić information content (AvgIpc) is 2.10. The van der Waals surface area contributed by atoms with Crippen LogP contribution in [0, 0.1) is 0 Å². The van der Waals surface area contributed by atoms with E-state index in [-0.39, 0.29) is 12.5 Å². The summed E-state index contributed by atoms with van der Waals surface area (Å²) in [5.74, 6) is -0.112. The fourth-order valence-electron chi connectivity index (χ4n) is 1.56. The lowest BCUT2D eigenvalue weighted by Gasteiger charge is -2.37. The predicted octanol–water partition coefficient (Wildman–Crippen LogP) is -0.681. The summed E-state index contributed by atoms with van der Waals surface area (Å²) in [6.07, 6.45) is 1.48. The number of nitrogens with zero attached hydrogens (tertiary/aromatic N) is 1. The number of carbonyl (C=O) groups excluding carboxylic acids is 1. The Hall–Kier alpha value is -0.610. The number of hydrogen-bond acceptors (Lipinski definition) is 3. The summed E-state index contributed by atoms with van der Waals surface area (Å²) < 4.78 is 0. The fraction of sp³-hybridized carbons (Fsp3) is 0.875. The second-order valence-electron chi connectivity index (χ2n) is 3.30. The van der Waals surface area contributed by atoms with Crippen LogP contribution in [0.15, 0.2) is 0 Å². The van der Waals surface area contributed by atoms with E-state index < -0.39 is 5.54 Å². The SMILES string of the molecule is CCN1CCCC(N)(CO)C1=O. The van der Waals surface area contributed by atoms with Crippen molar-refractivity contribution in [2.24, 2.45) is 5.73 Å². The zero-order valence-corrected chi connectivity index (χ0v) is 7.42. The van der Waals surface area contributed by atoms with Crippen LogP contribution in [0.2, 0.25) is 0 Å². The van der Waals surface area contributed by atoms with E-state index >= 15 is 0 Å². The van der Waals surface area contributed by atoms with Crippen LogP contribution in [0.3, 0.4) is 0 Å². The Bertz CT molecular complexity index is 184. The molecule has 0 aromatic carbocycles. The summed E-state index contributed by atoms with van der Waals surface area (Å²) >= 11 is 0. The maximum absolute atomic E-state index is 11.6. The standard InChI is InChI=1S/C8H16N2O2/c1-2-10-5-3-4-8(9,6-11)7(10)12/h11H,2-6,9H2,1H3. The van der Waals surface area contributed by atoms with E-state index in [1.165, 1.54) is 0 Å². The third-order valence-corrected chi connectivity index (χ3v) is 2.43. The van der Waals surface area contributed by atoms with Gasteiger partial charge in [0.1, 0.15) is 5.54 Å². The van der Waals surface area contributed by atoms with Crippen molar-refractivity contribution in [2.75, 3.05) is 19.7 Å². The van der Waals surface area contributed by atoms with Crippen molar-refractivity contribution in [2.45, 2.75) is 25.3 Å². The van der Waals surface area contributed by atoms with Crippen molar-refractivity contribution in [3.8, 4) is 0 Å². The van der Waals surface area contributed by atoms with E-state index in [0.29, 0.717) is 13.0 Å². The maximum atomic E-state index is 11.6. The van der Waals surface area contributed by atoms with Gasteiger partial charge in [0.05, 0.1) is 6.61 Å². The zero-order valence-electron chi connectivity index (χ0n) is 7.42. The van der Waals surface area contributed by atoms with Crippen molar-refractivity contribution in [3.05, 3.63) is 0 Å². The van der Waals surface area contributed by atoms with E-state index in [0.717, 1.165) is 13.0 Å². The minimum absolute atomic E-state index is 0.112. The molecule has 0 spiro atoms. The van der Waals surface area contributed by atoms with E-state index in [4.69, 9.17) is 10.8 Å². The number of rotatable bonds is 2. The van der Waals surface area contributed by atoms with E-state index in [9.17, 15) is 4.79 Å². The molecule has 0 bridgehead atoms. The summed E-state index contributed by atoms with van der Waals surface area (Å²) in [4.78, 5) is 13.2. The van der Waals surface area contributed by atoms with Crippen LogP contribution in [-0.4, -0.2) is 41.1 Å². The van der Waals surface area contributed by atoms with Crippen LogP contribution < -0.4 is 5.73 Å². The lowest BCUT2D eigenvalue weighted by Crippen LogP contribution is -2.61. The summed E-state index contributed by atoms with van der Waals surface area (Å²) in [6.45, 7) is 3.12. The molecule has 1 fully saturated rings. The second kappa shape index (κ2) is 3.41. The van der Waals surface area contributed by atoms with Gasteiger partial charge in [-0.15, -0.1) is 0 Å². The molecule has 4 heteroatoms. The summed E-state index contributed by atoms with van der Waals surface area (Å²) in [7, 11) is 0. The molecule has 4 nitrogen and oxygen atoms in total. The molecule has 1 saturated heterocycles. The highest BCUT2D eigenvalue weighted by molar-refractivity contribution is 5.87. The van der Waals surface area contributed by atoms with Crippen molar-refractivity contribution >= 4 is 5.91 Å². The molecular weight excluding hydrogens is 156 g/mol. The molecule has 1 rings (SSSR count). The van der Waals surface area contributed by atoms with Gasteiger partial charge in [0.25, 0.3) is 0 Å². The van der Waals surface area contributed by atoms with E-state index in [2.05, 4.69) is 0 Å². The molecule has 0 saturated carbocycles. The van der Waals surface area contributed by atoms with Gasteiger partial charge in [-0.2, -0.15) is 0 Å². The largest absolute Gasteiger partial charge is 0.394 e. The van der Waals surface area contributed by atoms with Gasteiger partial charge in [-0.25, -0.2) is 0 Å². The predicted molar refractivity (Wildman–Crippen MR) is 45.5 cm³/mol. The van der Waals surface area contributed by atoms with Crippen molar-refractivity contribution < 1.29 is 9.90 Å². The van der Waals surface area contributed by atoms with Crippen LogP contribution in [-0.2, 0) is 4.79 Å². The van der Waals surface area contributed by atoms with Gasteiger partial charge in [-0.05, 0) is 19.8 Å². The Morgan fingerprint density at radius 2 is 2.42 bits per heavy atom. The zero-order chi connectivity index (χ0) is 9.19. The first-order valence-corrected chi connectivity index (χ1v) is 4.33. The quantitative estimate of drug-likeness (QED) is 0.580. The molecular formula is C8H16N2O2.